The standard InChI is InChI=1S/C11H19N3O4/c1-7(10(17)13(2)3)12-11(18)14(6-9(15)16)8-4-5-8/h7-8H,4-6H2,1-3H3,(H,12,18)(H,15,16). The molecule has 0 aromatic heterocycles. The lowest BCUT2D eigenvalue weighted by molar-refractivity contribution is -0.137. The van der Waals surface area contributed by atoms with Gasteiger partial charge in [-0.2, -0.15) is 0 Å². The Bertz CT molecular complexity index is 352. The second-order valence-electron chi connectivity index (χ2n) is 4.66. The third-order valence-corrected chi connectivity index (χ3v) is 2.71. The van der Waals surface area contributed by atoms with Gasteiger partial charge >= 0.3 is 12.0 Å². The highest BCUT2D eigenvalue weighted by Gasteiger charge is 2.34. The molecule has 0 aromatic rings. The monoisotopic (exact) mass is 257 g/mol. The molecule has 1 fully saturated rings. The highest BCUT2D eigenvalue weighted by Crippen LogP contribution is 2.26. The minimum atomic E-state index is -1.05. The fourth-order valence-corrected chi connectivity index (χ4v) is 1.62. The van der Waals surface area contributed by atoms with Crippen molar-refractivity contribution in [3.05, 3.63) is 0 Å². The molecule has 0 aromatic carbocycles. The van der Waals surface area contributed by atoms with E-state index in [1.54, 1.807) is 21.0 Å². The summed E-state index contributed by atoms with van der Waals surface area (Å²) in [5, 5.41) is 11.3. The minimum Gasteiger partial charge on any atom is -0.480 e. The maximum absolute atomic E-state index is 11.9. The summed E-state index contributed by atoms with van der Waals surface area (Å²) in [5.41, 5.74) is 0. The predicted octanol–water partition coefficient (Wildman–Crippen LogP) is -0.278. The van der Waals surface area contributed by atoms with Gasteiger partial charge in [0.15, 0.2) is 0 Å². The zero-order chi connectivity index (χ0) is 13.9. The Kier molecular flexibility index (Phi) is 4.52. The van der Waals surface area contributed by atoms with Crippen molar-refractivity contribution in [1.82, 2.24) is 15.1 Å². The molecular weight excluding hydrogens is 238 g/mol. The van der Waals surface area contributed by atoms with E-state index in [1.165, 1.54) is 9.80 Å². The van der Waals surface area contributed by atoms with Crippen LogP contribution in [0.15, 0.2) is 0 Å². The SMILES string of the molecule is CC(NC(=O)N(CC(=O)O)C1CC1)C(=O)N(C)C. The summed E-state index contributed by atoms with van der Waals surface area (Å²) in [6.07, 6.45) is 1.63. The van der Waals surface area contributed by atoms with Crippen molar-refractivity contribution < 1.29 is 19.5 Å². The Balaban J connectivity index is 2.56. The predicted molar refractivity (Wildman–Crippen MR) is 64.1 cm³/mol. The van der Waals surface area contributed by atoms with E-state index in [9.17, 15) is 14.4 Å². The van der Waals surface area contributed by atoms with Gasteiger partial charge in [-0.05, 0) is 19.8 Å². The van der Waals surface area contributed by atoms with E-state index in [-0.39, 0.29) is 18.5 Å². The Hall–Kier alpha value is -1.79. The maximum Gasteiger partial charge on any atom is 0.323 e. The van der Waals surface area contributed by atoms with Gasteiger partial charge in [-0.1, -0.05) is 0 Å². The molecule has 102 valence electrons. The molecule has 18 heavy (non-hydrogen) atoms. The van der Waals surface area contributed by atoms with Gasteiger partial charge in [0.25, 0.3) is 0 Å². The summed E-state index contributed by atoms with van der Waals surface area (Å²) in [6, 6.07) is -1.17. The first-order valence-corrected chi connectivity index (χ1v) is 5.83. The molecule has 0 spiro atoms. The molecule has 0 bridgehead atoms. The van der Waals surface area contributed by atoms with Crippen LogP contribution in [-0.4, -0.2) is 65.5 Å². The lowest BCUT2D eigenvalue weighted by Crippen LogP contribution is -2.51. The lowest BCUT2D eigenvalue weighted by atomic mass is 10.3. The first-order valence-electron chi connectivity index (χ1n) is 5.83. The number of nitrogens with zero attached hydrogens (tertiary/aromatic N) is 2. The number of carboxylic acid groups (broad SMARTS) is 1. The van der Waals surface area contributed by atoms with Crippen LogP contribution in [0.5, 0.6) is 0 Å². The summed E-state index contributed by atoms with van der Waals surface area (Å²) < 4.78 is 0. The number of hydrogen-bond acceptors (Lipinski definition) is 3. The molecule has 1 rings (SSSR count). The number of nitrogens with one attached hydrogen (secondary N) is 1. The fourth-order valence-electron chi connectivity index (χ4n) is 1.62. The Labute approximate surface area is 106 Å². The zero-order valence-electron chi connectivity index (χ0n) is 10.8. The van der Waals surface area contributed by atoms with Crippen LogP contribution in [0.2, 0.25) is 0 Å². The van der Waals surface area contributed by atoms with Crippen molar-refractivity contribution >= 4 is 17.9 Å². The molecule has 0 saturated heterocycles. The molecule has 7 nitrogen and oxygen atoms in total. The molecule has 1 aliphatic rings. The van der Waals surface area contributed by atoms with E-state index in [0.717, 1.165) is 12.8 Å². The van der Waals surface area contributed by atoms with Crippen LogP contribution in [0.4, 0.5) is 4.79 Å². The van der Waals surface area contributed by atoms with Gasteiger partial charge in [-0.15, -0.1) is 0 Å². The van der Waals surface area contributed by atoms with Crippen molar-refractivity contribution in [2.75, 3.05) is 20.6 Å². The normalized spacial score (nSPS) is 15.7. The van der Waals surface area contributed by atoms with Crippen molar-refractivity contribution in [3.8, 4) is 0 Å². The Morgan fingerprint density at radius 3 is 2.28 bits per heavy atom. The van der Waals surface area contributed by atoms with Crippen LogP contribution >= 0.6 is 0 Å². The van der Waals surface area contributed by atoms with Crippen LogP contribution in [0.25, 0.3) is 0 Å². The van der Waals surface area contributed by atoms with Gasteiger partial charge in [-0.3, -0.25) is 9.59 Å². The van der Waals surface area contributed by atoms with E-state index >= 15 is 0 Å². The summed E-state index contributed by atoms with van der Waals surface area (Å²) in [4.78, 5) is 36.8. The molecule has 1 aliphatic carbocycles. The molecular formula is C11H19N3O4. The number of carboxylic acids is 1. The van der Waals surface area contributed by atoms with Gasteiger partial charge < -0.3 is 20.2 Å². The van der Waals surface area contributed by atoms with Gasteiger partial charge in [0.1, 0.15) is 12.6 Å². The quantitative estimate of drug-likeness (QED) is 0.709. The number of urea groups is 1. The van der Waals surface area contributed by atoms with Crippen LogP contribution in [0, 0.1) is 0 Å². The summed E-state index contributed by atoms with van der Waals surface area (Å²) in [6.45, 7) is 1.24. The van der Waals surface area contributed by atoms with Gasteiger partial charge in [-0.25, -0.2) is 4.79 Å². The molecule has 0 aliphatic heterocycles. The Morgan fingerprint density at radius 1 is 1.33 bits per heavy atom. The number of carbonyl (C=O) groups excluding carboxylic acids is 2. The molecule has 1 unspecified atom stereocenters. The second kappa shape index (κ2) is 5.70. The van der Waals surface area contributed by atoms with Gasteiger partial charge in [0.2, 0.25) is 5.91 Å². The van der Waals surface area contributed by atoms with Crippen LogP contribution in [0.3, 0.4) is 0 Å². The van der Waals surface area contributed by atoms with Crippen molar-refractivity contribution in [3.63, 3.8) is 0 Å². The maximum atomic E-state index is 11.9. The number of hydrogen-bond donors (Lipinski definition) is 2. The summed E-state index contributed by atoms with van der Waals surface area (Å²) in [7, 11) is 3.20. The Morgan fingerprint density at radius 2 is 1.89 bits per heavy atom. The molecule has 0 heterocycles. The molecule has 2 N–H and O–H groups in total. The molecule has 7 heteroatoms. The number of carbonyl (C=O) groups is 3. The number of rotatable bonds is 5. The van der Waals surface area contributed by atoms with Gasteiger partial charge in [0, 0.05) is 20.1 Å². The van der Waals surface area contributed by atoms with E-state index < -0.39 is 18.0 Å². The second-order valence-corrected chi connectivity index (χ2v) is 4.66. The number of aliphatic carboxylic acids is 1. The van der Waals surface area contributed by atoms with Gasteiger partial charge in [0.05, 0.1) is 0 Å². The highest BCUT2D eigenvalue weighted by atomic mass is 16.4. The van der Waals surface area contributed by atoms with Crippen LogP contribution < -0.4 is 5.32 Å². The fraction of sp³-hybridized carbons (Fsp3) is 0.727. The van der Waals surface area contributed by atoms with Crippen molar-refractivity contribution in [1.29, 1.82) is 0 Å². The average Bonchev–Trinajstić information content (AvgIpc) is 3.07. The smallest absolute Gasteiger partial charge is 0.323 e. The van der Waals surface area contributed by atoms with Crippen LogP contribution in [0.1, 0.15) is 19.8 Å². The zero-order valence-corrected chi connectivity index (χ0v) is 10.8. The third-order valence-electron chi connectivity index (χ3n) is 2.71. The van der Waals surface area contributed by atoms with Crippen LogP contribution in [-0.2, 0) is 9.59 Å². The highest BCUT2D eigenvalue weighted by molar-refractivity contribution is 5.87. The van der Waals surface area contributed by atoms with E-state index in [2.05, 4.69) is 5.32 Å². The summed E-state index contributed by atoms with van der Waals surface area (Å²) >= 11 is 0. The number of likely N-dealkylation sites (N-methyl/N-ethyl adjacent to an activating group) is 1. The minimum absolute atomic E-state index is 0.0113. The van der Waals surface area contributed by atoms with E-state index in [0.29, 0.717) is 0 Å². The molecule has 1 atom stereocenters. The van der Waals surface area contributed by atoms with Crippen molar-refractivity contribution in [2.24, 2.45) is 0 Å². The first kappa shape index (κ1) is 14.3. The number of amides is 3. The molecule has 0 radical (unpaired) electrons. The largest absolute Gasteiger partial charge is 0.480 e. The van der Waals surface area contributed by atoms with Crippen molar-refractivity contribution in [2.45, 2.75) is 31.8 Å². The third kappa shape index (κ3) is 3.90. The first-order chi connectivity index (χ1) is 8.32. The molecule has 3 amide bonds. The molecule has 1 saturated carbocycles. The van der Waals surface area contributed by atoms with E-state index in [1.807, 2.05) is 0 Å². The average molecular weight is 257 g/mol. The lowest BCUT2D eigenvalue weighted by Gasteiger charge is -2.24. The van der Waals surface area contributed by atoms with E-state index in [4.69, 9.17) is 5.11 Å². The topological polar surface area (TPSA) is 90.0 Å². The summed E-state index contributed by atoms with van der Waals surface area (Å²) in [5.74, 6) is -1.28.